The zero-order valence-corrected chi connectivity index (χ0v) is 18.1. The minimum absolute atomic E-state index is 0.0894. The van der Waals surface area contributed by atoms with Crippen LogP contribution in [0.3, 0.4) is 0 Å². The number of aromatic nitrogens is 3. The number of anilines is 2. The van der Waals surface area contributed by atoms with Gasteiger partial charge in [-0.15, -0.1) is 0 Å². The molecule has 0 amide bonds. The number of rotatable bonds is 7. The summed E-state index contributed by atoms with van der Waals surface area (Å²) >= 11 is 0. The molecule has 7 nitrogen and oxygen atoms in total. The Balaban J connectivity index is 1.46. The number of aryl methyl sites for hydroxylation is 1. The van der Waals surface area contributed by atoms with Crippen molar-refractivity contribution < 1.29 is 13.5 Å². The Kier molecular flexibility index (Phi) is 5.65. The number of nitrogens with two attached hydrogens (primary N) is 1. The average Bonchev–Trinajstić information content (AvgIpc) is 3.44. The highest BCUT2D eigenvalue weighted by molar-refractivity contribution is 5.75. The quantitative estimate of drug-likeness (QED) is 0.395. The fourth-order valence-corrected chi connectivity index (χ4v) is 4.40. The molecule has 0 aliphatic heterocycles. The predicted molar refractivity (Wildman–Crippen MR) is 123 cm³/mol. The molecule has 5 rings (SSSR count). The predicted octanol–water partition coefficient (Wildman–Crippen LogP) is 3.96. The van der Waals surface area contributed by atoms with Crippen LogP contribution < -0.4 is 21.1 Å². The van der Waals surface area contributed by atoms with Crippen molar-refractivity contribution in [2.24, 2.45) is 5.73 Å². The van der Waals surface area contributed by atoms with Crippen molar-refractivity contribution in [3.8, 4) is 17.0 Å². The van der Waals surface area contributed by atoms with Crippen LogP contribution in [0.5, 0.6) is 5.75 Å². The maximum Gasteiger partial charge on any atom is 0.201 e. The van der Waals surface area contributed by atoms with E-state index in [1.165, 1.54) is 36.6 Å². The highest BCUT2D eigenvalue weighted by atomic mass is 19.2. The van der Waals surface area contributed by atoms with Crippen LogP contribution in [0.2, 0.25) is 0 Å². The molecule has 2 aromatic carbocycles. The fraction of sp³-hybridized carbons (Fsp3) is 0.250. The van der Waals surface area contributed by atoms with Crippen molar-refractivity contribution in [1.29, 1.82) is 0 Å². The summed E-state index contributed by atoms with van der Waals surface area (Å²) < 4.78 is 35.5. The molecule has 0 saturated carbocycles. The van der Waals surface area contributed by atoms with Gasteiger partial charge in [0.05, 0.1) is 19.0 Å². The van der Waals surface area contributed by atoms with Gasteiger partial charge in [-0.2, -0.15) is 4.39 Å². The van der Waals surface area contributed by atoms with Crippen molar-refractivity contribution in [2.75, 3.05) is 25.5 Å². The number of methoxy groups -OCH3 is 1. The Labute approximate surface area is 189 Å². The van der Waals surface area contributed by atoms with E-state index in [0.717, 1.165) is 25.1 Å². The van der Waals surface area contributed by atoms with Gasteiger partial charge < -0.3 is 21.1 Å². The van der Waals surface area contributed by atoms with Crippen LogP contribution in [-0.4, -0.2) is 34.6 Å². The molecule has 1 atom stereocenters. The molecule has 1 aliphatic carbocycles. The van der Waals surface area contributed by atoms with Gasteiger partial charge in [-0.3, -0.25) is 4.40 Å². The molecule has 4 N–H and O–H groups in total. The van der Waals surface area contributed by atoms with Gasteiger partial charge in [-0.05, 0) is 48.2 Å². The monoisotopic (exact) mass is 450 g/mol. The first kappa shape index (κ1) is 21.3. The third-order valence-corrected chi connectivity index (χ3v) is 5.99. The lowest BCUT2D eigenvalue weighted by atomic mass is 10.1. The van der Waals surface area contributed by atoms with Gasteiger partial charge in [0.25, 0.3) is 0 Å². The zero-order chi connectivity index (χ0) is 22.9. The summed E-state index contributed by atoms with van der Waals surface area (Å²) in [5.41, 5.74) is 10.1. The van der Waals surface area contributed by atoms with Gasteiger partial charge in [0, 0.05) is 42.8 Å². The highest BCUT2D eigenvalue weighted by Gasteiger charge is 2.22. The van der Waals surface area contributed by atoms with E-state index in [1.807, 2.05) is 6.07 Å². The number of nitrogens with one attached hydrogen (secondary N) is 2. The molecule has 1 unspecified atom stereocenters. The molecule has 1 aliphatic rings. The highest BCUT2D eigenvalue weighted by Crippen LogP contribution is 2.34. The minimum Gasteiger partial charge on any atom is -0.494 e. The van der Waals surface area contributed by atoms with E-state index < -0.39 is 11.6 Å². The first-order chi connectivity index (χ1) is 16.1. The molecule has 33 heavy (non-hydrogen) atoms. The second-order valence-corrected chi connectivity index (χ2v) is 7.93. The maximum absolute atomic E-state index is 14.7. The third-order valence-electron chi connectivity index (χ3n) is 5.99. The van der Waals surface area contributed by atoms with E-state index in [1.54, 1.807) is 16.8 Å². The van der Waals surface area contributed by atoms with E-state index >= 15 is 0 Å². The van der Waals surface area contributed by atoms with Crippen LogP contribution in [0.25, 0.3) is 16.9 Å². The lowest BCUT2D eigenvalue weighted by molar-refractivity contribution is 0.372. The standard InChI is InChI=1S/C24H24F2N6O/c1-33-20-7-5-17(21(25)22(20)26)19-13-30-24-23(29-10-11-32(19)24)31-15-3-4-16-14(12-15)2-6-18(16)28-9-8-27/h3-5,7,10-13,18,28H,2,6,8-9,27H2,1H3,(H,29,31). The van der Waals surface area contributed by atoms with E-state index in [-0.39, 0.29) is 11.3 Å². The molecule has 170 valence electrons. The summed E-state index contributed by atoms with van der Waals surface area (Å²) in [5.74, 6) is -1.64. The topological polar surface area (TPSA) is 89.5 Å². The fourth-order valence-electron chi connectivity index (χ4n) is 4.40. The summed E-state index contributed by atoms with van der Waals surface area (Å²) in [4.78, 5) is 8.84. The first-order valence-corrected chi connectivity index (χ1v) is 10.8. The van der Waals surface area contributed by atoms with E-state index in [2.05, 4.69) is 32.7 Å². The van der Waals surface area contributed by atoms with Crippen LogP contribution in [0.1, 0.15) is 23.6 Å². The average molecular weight is 450 g/mol. The molecule has 0 saturated heterocycles. The summed E-state index contributed by atoms with van der Waals surface area (Å²) in [6.07, 6.45) is 6.79. The van der Waals surface area contributed by atoms with Crippen molar-refractivity contribution in [3.05, 3.63) is 71.7 Å². The van der Waals surface area contributed by atoms with Gasteiger partial charge >= 0.3 is 0 Å². The number of imidazole rings is 1. The van der Waals surface area contributed by atoms with Gasteiger partial charge in [-0.1, -0.05) is 6.07 Å². The summed E-state index contributed by atoms with van der Waals surface area (Å²) in [7, 11) is 1.30. The number of halogens is 2. The Morgan fingerprint density at radius 2 is 2.06 bits per heavy atom. The number of hydrogen-bond acceptors (Lipinski definition) is 6. The Bertz CT molecular complexity index is 1320. The third kappa shape index (κ3) is 3.79. The molecule has 4 aromatic rings. The van der Waals surface area contributed by atoms with Crippen LogP contribution in [0.4, 0.5) is 20.3 Å². The molecule has 0 bridgehead atoms. The number of hydrogen-bond donors (Lipinski definition) is 3. The van der Waals surface area contributed by atoms with Gasteiger partial charge in [-0.25, -0.2) is 14.4 Å². The van der Waals surface area contributed by atoms with E-state index in [0.29, 0.717) is 29.7 Å². The van der Waals surface area contributed by atoms with Crippen LogP contribution in [0.15, 0.2) is 48.9 Å². The van der Waals surface area contributed by atoms with Crippen LogP contribution in [0, 0.1) is 11.6 Å². The SMILES string of the molecule is COc1ccc(-c2cnc3c(Nc4ccc5c(c4)CCC5NCCN)nccn23)c(F)c1F. The second kappa shape index (κ2) is 8.76. The van der Waals surface area contributed by atoms with Gasteiger partial charge in [0.2, 0.25) is 5.82 Å². The van der Waals surface area contributed by atoms with Crippen LogP contribution in [-0.2, 0) is 6.42 Å². The van der Waals surface area contributed by atoms with E-state index in [4.69, 9.17) is 10.5 Å². The second-order valence-electron chi connectivity index (χ2n) is 7.93. The van der Waals surface area contributed by atoms with Crippen molar-refractivity contribution in [1.82, 2.24) is 19.7 Å². The number of benzene rings is 2. The van der Waals surface area contributed by atoms with Crippen molar-refractivity contribution >= 4 is 17.2 Å². The van der Waals surface area contributed by atoms with Crippen molar-refractivity contribution in [3.63, 3.8) is 0 Å². The summed E-state index contributed by atoms with van der Waals surface area (Å²) in [6, 6.07) is 9.44. The normalized spacial score (nSPS) is 15.1. The zero-order valence-electron chi connectivity index (χ0n) is 18.1. The van der Waals surface area contributed by atoms with E-state index in [9.17, 15) is 8.78 Å². The first-order valence-electron chi connectivity index (χ1n) is 10.8. The molecule has 0 spiro atoms. The molecule has 2 heterocycles. The lowest BCUT2D eigenvalue weighted by Gasteiger charge is -2.14. The molecular weight excluding hydrogens is 426 g/mol. The Hall–Kier alpha value is -3.56. The molecule has 0 radical (unpaired) electrons. The number of nitrogens with zero attached hydrogens (tertiary/aromatic N) is 3. The molecule has 2 aromatic heterocycles. The minimum atomic E-state index is -1.03. The van der Waals surface area contributed by atoms with Crippen molar-refractivity contribution in [2.45, 2.75) is 18.9 Å². The van der Waals surface area contributed by atoms with Gasteiger partial charge in [0.1, 0.15) is 0 Å². The maximum atomic E-state index is 14.7. The molecular formula is C24H24F2N6O. The van der Waals surface area contributed by atoms with Gasteiger partial charge in [0.15, 0.2) is 23.0 Å². The number of fused-ring (bicyclic) bond motifs is 2. The summed E-state index contributed by atoms with van der Waals surface area (Å²) in [6.45, 7) is 1.40. The largest absolute Gasteiger partial charge is 0.494 e. The number of ether oxygens (including phenoxy) is 1. The smallest absolute Gasteiger partial charge is 0.201 e. The summed E-state index contributed by atoms with van der Waals surface area (Å²) in [5, 5.41) is 6.80. The van der Waals surface area contributed by atoms with Crippen LogP contribution >= 0.6 is 0 Å². The molecule has 9 heteroatoms. The Morgan fingerprint density at radius 1 is 1.18 bits per heavy atom. The molecule has 0 fully saturated rings. The lowest BCUT2D eigenvalue weighted by Crippen LogP contribution is -2.25. The Morgan fingerprint density at radius 3 is 2.88 bits per heavy atom.